The van der Waals surface area contributed by atoms with E-state index < -0.39 is 0 Å². The molecule has 0 amide bonds. The average Bonchev–Trinajstić information content (AvgIpc) is 2.56. The second-order valence-electron chi connectivity index (χ2n) is 5.12. The van der Waals surface area contributed by atoms with Crippen LogP contribution in [-0.2, 0) is 12.0 Å². The van der Waals surface area contributed by atoms with Crippen molar-refractivity contribution in [2.75, 3.05) is 6.54 Å². The molecule has 5 heteroatoms. The SMILES string of the molecule is CC(C)(C)c1nc2cc(Br)cnc2n1CCN. The zero-order chi connectivity index (χ0) is 12.6. The lowest BCUT2D eigenvalue weighted by atomic mass is 9.96. The minimum absolute atomic E-state index is 0.0116. The van der Waals surface area contributed by atoms with E-state index >= 15 is 0 Å². The fourth-order valence-electron chi connectivity index (χ4n) is 1.90. The first-order chi connectivity index (χ1) is 7.93. The van der Waals surface area contributed by atoms with Crippen LogP contribution in [0.4, 0.5) is 0 Å². The number of hydrogen-bond donors (Lipinski definition) is 1. The molecule has 4 nitrogen and oxygen atoms in total. The summed E-state index contributed by atoms with van der Waals surface area (Å²) in [7, 11) is 0. The van der Waals surface area contributed by atoms with E-state index in [1.54, 1.807) is 6.20 Å². The van der Waals surface area contributed by atoms with E-state index in [1.807, 2.05) is 6.07 Å². The van der Waals surface area contributed by atoms with Crippen molar-refractivity contribution >= 4 is 27.1 Å². The van der Waals surface area contributed by atoms with Gasteiger partial charge in [-0.3, -0.25) is 0 Å². The number of rotatable bonds is 2. The molecule has 2 rings (SSSR count). The molecule has 0 saturated heterocycles. The third-order valence-corrected chi connectivity index (χ3v) is 3.01. The Hall–Kier alpha value is -0.940. The number of nitrogens with two attached hydrogens (primary N) is 1. The van der Waals surface area contributed by atoms with Crippen molar-refractivity contribution in [3.05, 3.63) is 22.6 Å². The normalized spacial score (nSPS) is 12.3. The summed E-state index contributed by atoms with van der Waals surface area (Å²) in [4.78, 5) is 9.11. The maximum absolute atomic E-state index is 5.67. The summed E-state index contributed by atoms with van der Waals surface area (Å²) in [6, 6.07) is 1.99. The van der Waals surface area contributed by atoms with Gasteiger partial charge in [-0.25, -0.2) is 9.97 Å². The highest BCUT2D eigenvalue weighted by molar-refractivity contribution is 9.10. The Labute approximate surface area is 109 Å². The Morgan fingerprint density at radius 2 is 2.12 bits per heavy atom. The molecular weight excluding hydrogens is 280 g/mol. The molecule has 92 valence electrons. The van der Waals surface area contributed by atoms with Crippen LogP contribution in [0.3, 0.4) is 0 Å². The van der Waals surface area contributed by atoms with Crippen molar-refractivity contribution in [1.29, 1.82) is 0 Å². The first kappa shape index (κ1) is 12.5. The summed E-state index contributed by atoms with van der Waals surface area (Å²) in [6.07, 6.45) is 1.80. The number of aromatic nitrogens is 3. The first-order valence-corrected chi connectivity index (χ1v) is 6.45. The van der Waals surface area contributed by atoms with E-state index in [0.29, 0.717) is 6.54 Å². The molecule has 0 aliphatic carbocycles. The van der Waals surface area contributed by atoms with Gasteiger partial charge in [0.2, 0.25) is 0 Å². The zero-order valence-electron chi connectivity index (χ0n) is 10.4. The van der Waals surface area contributed by atoms with Crippen molar-refractivity contribution in [3.63, 3.8) is 0 Å². The van der Waals surface area contributed by atoms with Crippen LogP contribution in [0.15, 0.2) is 16.7 Å². The number of hydrogen-bond acceptors (Lipinski definition) is 3. The van der Waals surface area contributed by atoms with E-state index in [1.165, 1.54) is 0 Å². The Kier molecular flexibility index (Phi) is 3.23. The lowest BCUT2D eigenvalue weighted by molar-refractivity contribution is 0.505. The number of fused-ring (bicyclic) bond motifs is 1. The van der Waals surface area contributed by atoms with Gasteiger partial charge in [0.15, 0.2) is 5.65 Å². The second-order valence-corrected chi connectivity index (χ2v) is 6.04. The lowest BCUT2D eigenvalue weighted by Gasteiger charge is -2.19. The zero-order valence-corrected chi connectivity index (χ0v) is 12.0. The molecule has 2 heterocycles. The molecule has 2 N–H and O–H groups in total. The third-order valence-electron chi connectivity index (χ3n) is 2.58. The van der Waals surface area contributed by atoms with Crippen molar-refractivity contribution in [2.24, 2.45) is 5.73 Å². The van der Waals surface area contributed by atoms with Gasteiger partial charge in [0.1, 0.15) is 11.3 Å². The summed E-state index contributed by atoms with van der Waals surface area (Å²) in [5.41, 5.74) is 7.48. The molecular formula is C12H17BrN4. The maximum Gasteiger partial charge on any atom is 0.160 e. The highest BCUT2D eigenvalue weighted by atomic mass is 79.9. The van der Waals surface area contributed by atoms with Crippen molar-refractivity contribution < 1.29 is 0 Å². The van der Waals surface area contributed by atoms with Gasteiger partial charge in [0.25, 0.3) is 0 Å². The third kappa shape index (κ3) is 2.35. The van der Waals surface area contributed by atoms with Crippen LogP contribution in [0.5, 0.6) is 0 Å². The Bertz CT molecular complexity index is 539. The molecule has 0 atom stereocenters. The standard InChI is InChI=1S/C12H17BrN4/c1-12(2,3)11-16-9-6-8(13)7-15-10(9)17(11)5-4-14/h6-7H,4-5,14H2,1-3H3. The highest BCUT2D eigenvalue weighted by Gasteiger charge is 2.23. The topological polar surface area (TPSA) is 56.7 Å². The molecule has 0 fully saturated rings. The molecule has 0 unspecified atom stereocenters. The molecule has 0 radical (unpaired) electrons. The molecule has 17 heavy (non-hydrogen) atoms. The Balaban J connectivity index is 2.70. The molecule has 0 aliphatic heterocycles. The van der Waals surface area contributed by atoms with Crippen LogP contribution >= 0.6 is 15.9 Å². The van der Waals surface area contributed by atoms with E-state index in [2.05, 4.69) is 51.2 Å². The average molecular weight is 297 g/mol. The van der Waals surface area contributed by atoms with Gasteiger partial charge < -0.3 is 10.3 Å². The van der Waals surface area contributed by atoms with Gasteiger partial charge in [0.05, 0.1) is 0 Å². The predicted octanol–water partition coefficient (Wildman–Crippen LogP) is 2.45. The Morgan fingerprint density at radius 3 is 2.71 bits per heavy atom. The van der Waals surface area contributed by atoms with Gasteiger partial charge in [-0.2, -0.15) is 0 Å². The van der Waals surface area contributed by atoms with E-state index in [9.17, 15) is 0 Å². The predicted molar refractivity (Wildman–Crippen MR) is 73.0 cm³/mol. The quantitative estimate of drug-likeness (QED) is 0.926. The first-order valence-electron chi connectivity index (χ1n) is 5.66. The summed E-state index contributed by atoms with van der Waals surface area (Å²) in [6.45, 7) is 7.78. The van der Waals surface area contributed by atoms with Crippen LogP contribution in [0, 0.1) is 0 Å². The van der Waals surface area contributed by atoms with Crippen LogP contribution in [0.2, 0.25) is 0 Å². The van der Waals surface area contributed by atoms with E-state index in [-0.39, 0.29) is 5.41 Å². The number of halogens is 1. The fourth-order valence-corrected chi connectivity index (χ4v) is 2.22. The van der Waals surface area contributed by atoms with E-state index in [4.69, 9.17) is 5.73 Å². The largest absolute Gasteiger partial charge is 0.329 e. The molecule has 0 bridgehead atoms. The van der Waals surface area contributed by atoms with Gasteiger partial charge in [0, 0.05) is 29.2 Å². The van der Waals surface area contributed by atoms with Gasteiger partial charge in [-0.1, -0.05) is 20.8 Å². The summed E-state index contributed by atoms with van der Waals surface area (Å²) in [5, 5.41) is 0. The minimum Gasteiger partial charge on any atom is -0.329 e. The van der Waals surface area contributed by atoms with Crippen molar-refractivity contribution in [3.8, 4) is 0 Å². The van der Waals surface area contributed by atoms with Crippen molar-refractivity contribution in [2.45, 2.75) is 32.7 Å². The second kappa shape index (κ2) is 4.38. The minimum atomic E-state index is -0.0116. The highest BCUT2D eigenvalue weighted by Crippen LogP contribution is 2.26. The summed E-state index contributed by atoms with van der Waals surface area (Å²) in [5.74, 6) is 1.03. The van der Waals surface area contributed by atoms with Gasteiger partial charge in [-0.05, 0) is 22.0 Å². The van der Waals surface area contributed by atoms with Crippen LogP contribution in [0.1, 0.15) is 26.6 Å². The molecule has 2 aromatic rings. The molecule has 0 spiro atoms. The van der Waals surface area contributed by atoms with Gasteiger partial charge >= 0.3 is 0 Å². The summed E-state index contributed by atoms with van der Waals surface area (Å²) >= 11 is 3.42. The smallest absolute Gasteiger partial charge is 0.160 e. The number of nitrogens with zero attached hydrogens (tertiary/aromatic N) is 3. The maximum atomic E-state index is 5.67. The molecule has 2 aromatic heterocycles. The monoisotopic (exact) mass is 296 g/mol. The van der Waals surface area contributed by atoms with E-state index in [0.717, 1.165) is 28.0 Å². The Morgan fingerprint density at radius 1 is 1.41 bits per heavy atom. The van der Waals surface area contributed by atoms with Crippen LogP contribution < -0.4 is 5.73 Å². The lowest BCUT2D eigenvalue weighted by Crippen LogP contribution is -2.21. The van der Waals surface area contributed by atoms with Crippen LogP contribution in [-0.4, -0.2) is 21.1 Å². The molecule has 0 saturated carbocycles. The van der Waals surface area contributed by atoms with Crippen molar-refractivity contribution in [1.82, 2.24) is 14.5 Å². The fraction of sp³-hybridized carbons (Fsp3) is 0.500. The number of imidazole rings is 1. The summed E-state index contributed by atoms with van der Waals surface area (Å²) < 4.78 is 3.06. The molecule has 0 aliphatic rings. The van der Waals surface area contributed by atoms with Crippen LogP contribution in [0.25, 0.3) is 11.2 Å². The molecule has 0 aromatic carbocycles. The number of pyridine rings is 1. The van der Waals surface area contributed by atoms with Gasteiger partial charge in [-0.15, -0.1) is 0 Å².